The molecule has 2 rings (SSSR count). The standard InChI is InChI=1S/C16H28F3NO/c1-15(2,3)11-6-7-14(21)13(9-11)20-8-4-5-12(10-20)16(17,18)19/h11-14,21H,4-10H2,1-3H3. The molecule has 1 aliphatic heterocycles. The van der Waals surface area contributed by atoms with Crippen LogP contribution in [0.4, 0.5) is 13.2 Å². The van der Waals surface area contributed by atoms with Crippen LogP contribution in [0.5, 0.6) is 0 Å². The van der Waals surface area contributed by atoms with Gasteiger partial charge in [0.2, 0.25) is 0 Å². The number of nitrogens with zero attached hydrogens (tertiary/aromatic N) is 1. The van der Waals surface area contributed by atoms with Crippen LogP contribution in [-0.2, 0) is 0 Å². The van der Waals surface area contributed by atoms with E-state index in [1.807, 2.05) is 4.90 Å². The van der Waals surface area contributed by atoms with E-state index in [-0.39, 0.29) is 24.4 Å². The van der Waals surface area contributed by atoms with Crippen LogP contribution in [0.15, 0.2) is 0 Å². The van der Waals surface area contributed by atoms with E-state index >= 15 is 0 Å². The molecule has 1 saturated carbocycles. The number of hydrogen-bond donors (Lipinski definition) is 1. The third-order valence-corrected chi connectivity index (χ3v) is 5.39. The number of aliphatic hydroxyl groups excluding tert-OH is 1. The highest BCUT2D eigenvalue weighted by molar-refractivity contribution is 4.93. The molecule has 1 N–H and O–H groups in total. The first kappa shape index (κ1) is 17.1. The Morgan fingerprint density at radius 3 is 2.24 bits per heavy atom. The lowest BCUT2D eigenvalue weighted by molar-refractivity contribution is -0.192. The predicted octanol–water partition coefficient (Wildman–Crippen LogP) is 3.84. The molecule has 2 nitrogen and oxygen atoms in total. The summed E-state index contributed by atoms with van der Waals surface area (Å²) in [4.78, 5) is 1.91. The number of halogens is 3. The van der Waals surface area contributed by atoms with Gasteiger partial charge in [-0.05, 0) is 50.0 Å². The lowest BCUT2D eigenvalue weighted by Gasteiger charge is -2.47. The van der Waals surface area contributed by atoms with Crippen LogP contribution in [0.3, 0.4) is 0 Å². The zero-order valence-electron chi connectivity index (χ0n) is 13.3. The summed E-state index contributed by atoms with van der Waals surface area (Å²) in [6.45, 7) is 7.29. The van der Waals surface area contributed by atoms with Crippen molar-refractivity contribution < 1.29 is 18.3 Å². The SMILES string of the molecule is CC(C)(C)C1CCC(O)C(N2CCCC(C(F)(F)F)C2)C1. The molecule has 0 amide bonds. The maximum Gasteiger partial charge on any atom is 0.393 e. The van der Waals surface area contributed by atoms with Gasteiger partial charge in [-0.3, -0.25) is 4.90 Å². The summed E-state index contributed by atoms with van der Waals surface area (Å²) in [5.74, 6) is -0.759. The number of piperidine rings is 1. The van der Waals surface area contributed by atoms with E-state index in [9.17, 15) is 18.3 Å². The fourth-order valence-electron chi connectivity index (χ4n) is 3.88. The summed E-state index contributed by atoms with van der Waals surface area (Å²) in [6.07, 6.45) is -1.29. The molecule has 0 bridgehead atoms. The van der Waals surface area contributed by atoms with Crippen LogP contribution in [0, 0.1) is 17.3 Å². The summed E-state index contributed by atoms with van der Waals surface area (Å²) in [7, 11) is 0. The number of aliphatic hydroxyl groups is 1. The highest BCUT2D eigenvalue weighted by Gasteiger charge is 2.45. The third kappa shape index (κ3) is 4.13. The molecule has 1 aliphatic carbocycles. The van der Waals surface area contributed by atoms with Gasteiger partial charge in [0.25, 0.3) is 0 Å². The van der Waals surface area contributed by atoms with Crippen LogP contribution in [0.1, 0.15) is 52.9 Å². The normalized spacial score (nSPS) is 36.7. The third-order valence-electron chi connectivity index (χ3n) is 5.39. The van der Waals surface area contributed by atoms with E-state index in [2.05, 4.69) is 20.8 Å². The van der Waals surface area contributed by atoms with Crippen molar-refractivity contribution in [2.24, 2.45) is 17.3 Å². The highest BCUT2D eigenvalue weighted by Crippen LogP contribution is 2.41. The second kappa shape index (κ2) is 6.07. The van der Waals surface area contributed by atoms with E-state index < -0.39 is 18.2 Å². The van der Waals surface area contributed by atoms with Crippen LogP contribution in [-0.4, -0.2) is 41.4 Å². The van der Waals surface area contributed by atoms with Crippen molar-refractivity contribution in [3.05, 3.63) is 0 Å². The molecule has 0 radical (unpaired) electrons. The van der Waals surface area contributed by atoms with Crippen molar-refractivity contribution in [2.75, 3.05) is 13.1 Å². The predicted molar refractivity (Wildman–Crippen MR) is 76.9 cm³/mol. The molecule has 0 aromatic rings. The lowest BCUT2D eigenvalue weighted by Crippen LogP contribution is -2.53. The molecule has 1 saturated heterocycles. The average molecular weight is 307 g/mol. The first-order valence-corrected chi connectivity index (χ1v) is 8.08. The van der Waals surface area contributed by atoms with Crippen LogP contribution in [0.25, 0.3) is 0 Å². The summed E-state index contributed by atoms with van der Waals surface area (Å²) in [5, 5.41) is 10.3. The van der Waals surface area contributed by atoms with Gasteiger partial charge in [0, 0.05) is 12.6 Å². The number of rotatable bonds is 1. The maximum atomic E-state index is 13.0. The summed E-state index contributed by atoms with van der Waals surface area (Å²) >= 11 is 0. The summed E-state index contributed by atoms with van der Waals surface area (Å²) in [6, 6.07) is -0.104. The van der Waals surface area contributed by atoms with Crippen LogP contribution >= 0.6 is 0 Å². The van der Waals surface area contributed by atoms with E-state index in [1.54, 1.807) is 0 Å². The van der Waals surface area contributed by atoms with Gasteiger partial charge < -0.3 is 5.11 Å². The van der Waals surface area contributed by atoms with E-state index in [4.69, 9.17) is 0 Å². The van der Waals surface area contributed by atoms with Crippen molar-refractivity contribution in [3.8, 4) is 0 Å². The smallest absolute Gasteiger partial charge is 0.391 e. The summed E-state index contributed by atoms with van der Waals surface area (Å²) in [5.41, 5.74) is 0.150. The van der Waals surface area contributed by atoms with E-state index in [0.717, 1.165) is 12.8 Å². The first-order chi connectivity index (χ1) is 9.59. The minimum Gasteiger partial charge on any atom is -0.391 e. The van der Waals surface area contributed by atoms with Gasteiger partial charge in [-0.25, -0.2) is 0 Å². The van der Waals surface area contributed by atoms with Gasteiger partial charge in [0.15, 0.2) is 0 Å². The second-order valence-corrected chi connectivity index (χ2v) is 7.89. The van der Waals surface area contributed by atoms with Crippen molar-refractivity contribution in [1.29, 1.82) is 0 Å². The molecule has 124 valence electrons. The minimum atomic E-state index is -4.11. The van der Waals surface area contributed by atoms with E-state index in [0.29, 0.717) is 25.3 Å². The van der Waals surface area contributed by atoms with Gasteiger partial charge in [-0.2, -0.15) is 13.2 Å². The Morgan fingerprint density at radius 1 is 1.00 bits per heavy atom. The molecule has 2 fully saturated rings. The Balaban J connectivity index is 2.04. The molecule has 5 heteroatoms. The fourth-order valence-corrected chi connectivity index (χ4v) is 3.88. The van der Waals surface area contributed by atoms with Crippen molar-refractivity contribution >= 4 is 0 Å². The molecule has 2 aliphatic rings. The van der Waals surface area contributed by atoms with Crippen LogP contribution in [0.2, 0.25) is 0 Å². The van der Waals surface area contributed by atoms with Gasteiger partial charge in [-0.1, -0.05) is 20.8 Å². The van der Waals surface area contributed by atoms with Gasteiger partial charge >= 0.3 is 6.18 Å². The maximum absolute atomic E-state index is 13.0. The Labute approximate surface area is 125 Å². The molecular formula is C16H28F3NO. The highest BCUT2D eigenvalue weighted by atomic mass is 19.4. The minimum absolute atomic E-state index is 0.0576. The average Bonchev–Trinajstić information content (AvgIpc) is 2.37. The van der Waals surface area contributed by atoms with Crippen LogP contribution < -0.4 is 0 Å². The zero-order valence-corrected chi connectivity index (χ0v) is 13.3. The van der Waals surface area contributed by atoms with Gasteiger partial charge in [-0.15, -0.1) is 0 Å². The van der Waals surface area contributed by atoms with Gasteiger partial charge in [0.1, 0.15) is 0 Å². The molecule has 4 unspecified atom stereocenters. The Bertz CT molecular complexity index is 350. The lowest BCUT2D eigenvalue weighted by atomic mass is 9.69. The van der Waals surface area contributed by atoms with Crippen molar-refractivity contribution in [1.82, 2.24) is 4.90 Å². The number of alkyl halides is 3. The zero-order chi connectivity index (χ0) is 15.8. The molecule has 1 heterocycles. The Morgan fingerprint density at radius 2 is 1.67 bits per heavy atom. The quantitative estimate of drug-likeness (QED) is 0.795. The Hall–Kier alpha value is -0.290. The van der Waals surface area contributed by atoms with Gasteiger partial charge in [0.05, 0.1) is 12.0 Å². The molecule has 0 aromatic carbocycles. The van der Waals surface area contributed by atoms with Crippen molar-refractivity contribution in [2.45, 2.75) is 71.2 Å². The molecule has 21 heavy (non-hydrogen) atoms. The molecule has 0 aromatic heterocycles. The topological polar surface area (TPSA) is 23.5 Å². The molecule has 0 spiro atoms. The first-order valence-electron chi connectivity index (χ1n) is 8.08. The number of hydrogen-bond acceptors (Lipinski definition) is 2. The molecular weight excluding hydrogens is 279 g/mol. The second-order valence-electron chi connectivity index (χ2n) is 7.89. The summed E-state index contributed by atoms with van der Waals surface area (Å²) < 4.78 is 38.9. The van der Waals surface area contributed by atoms with E-state index in [1.165, 1.54) is 0 Å². The monoisotopic (exact) mass is 307 g/mol. The largest absolute Gasteiger partial charge is 0.393 e. The van der Waals surface area contributed by atoms with Crippen molar-refractivity contribution in [3.63, 3.8) is 0 Å². The Kier molecular flexibility index (Phi) is 4.94. The fraction of sp³-hybridized carbons (Fsp3) is 1.00. The molecule has 4 atom stereocenters. The number of likely N-dealkylation sites (tertiary alicyclic amines) is 1.